The van der Waals surface area contributed by atoms with Gasteiger partial charge in [-0.15, -0.1) is 0 Å². The summed E-state index contributed by atoms with van der Waals surface area (Å²) in [7, 11) is 0. The van der Waals surface area contributed by atoms with Crippen LogP contribution in [0, 0.1) is 15.9 Å². The lowest BCUT2D eigenvalue weighted by atomic mass is 10.2. The van der Waals surface area contributed by atoms with Gasteiger partial charge in [-0.3, -0.25) is 10.1 Å². The summed E-state index contributed by atoms with van der Waals surface area (Å²) < 4.78 is 15.9. The highest BCUT2D eigenvalue weighted by atomic mass is 19.1. The highest BCUT2D eigenvalue weighted by Crippen LogP contribution is 2.21. The average Bonchev–Trinajstić information content (AvgIpc) is 2.90. The lowest BCUT2D eigenvalue weighted by Crippen LogP contribution is -2.17. The molecule has 2 rings (SSSR count). The third-order valence-electron chi connectivity index (χ3n) is 3.39. The number of nitro groups is 1. The van der Waals surface area contributed by atoms with E-state index in [-0.39, 0.29) is 12.6 Å². The first-order valence-electron chi connectivity index (χ1n) is 6.83. The van der Waals surface area contributed by atoms with Crippen molar-refractivity contribution >= 4 is 5.69 Å². The van der Waals surface area contributed by atoms with Crippen LogP contribution < -0.4 is 5.32 Å². The molecule has 1 unspecified atom stereocenters. The molecule has 0 aliphatic rings. The maximum Gasteiger partial charge on any atom is 0.305 e. The standard InChI is InChI=1S/C15H18FN3O2/c1-3-17-11(2)12-7-8-18(9-12)10-13-5-4-6-14(15(13)16)19(20)21/h4-9,11,17H,3,10H2,1-2H3. The molecule has 6 heteroatoms. The Morgan fingerprint density at radius 1 is 1.43 bits per heavy atom. The molecule has 0 fully saturated rings. The van der Waals surface area contributed by atoms with Gasteiger partial charge >= 0.3 is 5.69 Å². The molecular weight excluding hydrogens is 273 g/mol. The fourth-order valence-corrected chi connectivity index (χ4v) is 2.26. The summed E-state index contributed by atoms with van der Waals surface area (Å²) in [5, 5.41) is 14.0. The van der Waals surface area contributed by atoms with E-state index in [1.165, 1.54) is 12.1 Å². The highest BCUT2D eigenvalue weighted by molar-refractivity contribution is 5.37. The molecule has 1 heterocycles. The van der Waals surface area contributed by atoms with E-state index in [1.807, 2.05) is 30.0 Å². The molecule has 0 aliphatic carbocycles. The largest absolute Gasteiger partial charge is 0.349 e. The first-order valence-corrected chi connectivity index (χ1v) is 6.83. The van der Waals surface area contributed by atoms with Gasteiger partial charge in [-0.05, 0) is 25.1 Å². The van der Waals surface area contributed by atoms with E-state index in [4.69, 9.17) is 0 Å². The molecule has 0 saturated carbocycles. The summed E-state index contributed by atoms with van der Waals surface area (Å²) in [4.78, 5) is 10.0. The first-order chi connectivity index (χ1) is 10.0. The number of benzene rings is 1. The van der Waals surface area contributed by atoms with Crippen LogP contribution in [-0.2, 0) is 6.54 Å². The number of hydrogen-bond donors (Lipinski definition) is 1. The Morgan fingerprint density at radius 2 is 2.19 bits per heavy atom. The van der Waals surface area contributed by atoms with E-state index < -0.39 is 16.4 Å². The maximum atomic E-state index is 14.0. The SMILES string of the molecule is CCNC(C)c1ccn(Cc2cccc([N+](=O)[O-])c2F)c1. The second-order valence-electron chi connectivity index (χ2n) is 4.90. The third kappa shape index (κ3) is 3.46. The van der Waals surface area contributed by atoms with Crippen molar-refractivity contribution in [1.29, 1.82) is 0 Å². The highest BCUT2D eigenvalue weighted by Gasteiger charge is 2.17. The first kappa shape index (κ1) is 15.2. The zero-order chi connectivity index (χ0) is 15.4. The van der Waals surface area contributed by atoms with Gasteiger partial charge in [-0.25, -0.2) is 0 Å². The topological polar surface area (TPSA) is 60.1 Å². The van der Waals surface area contributed by atoms with Gasteiger partial charge in [0, 0.05) is 30.1 Å². The van der Waals surface area contributed by atoms with Gasteiger partial charge in [0.1, 0.15) is 0 Å². The average molecular weight is 291 g/mol. The molecule has 5 nitrogen and oxygen atoms in total. The van der Waals surface area contributed by atoms with Gasteiger partial charge < -0.3 is 9.88 Å². The van der Waals surface area contributed by atoms with E-state index in [0.717, 1.165) is 12.1 Å². The molecule has 0 bridgehead atoms. The van der Waals surface area contributed by atoms with Crippen molar-refractivity contribution in [2.75, 3.05) is 6.54 Å². The summed E-state index contributed by atoms with van der Waals surface area (Å²) in [6.07, 6.45) is 3.77. The summed E-state index contributed by atoms with van der Waals surface area (Å²) >= 11 is 0. The number of aromatic nitrogens is 1. The van der Waals surface area contributed by atoms with Crippen LogP contribution in [0.2, 0.25) is 0 Å². The van der Waals surface area contributed by atoms with Gasteiger partial charge in [0.15, 0.2) is 0 Å². The van der Waals surface area contributed by atoms with Crippen molar-refractivity contribution in [2.45, 2.75) is 26.4 Å². The molecule has 0 amide bonds. The third-order valence-corrected chi connectivity index (χ3v) is 3.39. The van der Waals surface area contributed by atoms with Crippen LogP contribution in [-0.4, -0.2) is 16.0 Å². The summed E-state index contributed by atoms with van der Waals surface area (Å²) in [5.41, 5.74) is 0.922. The Morgan fingerprint density at radius 3 is 2.86 bits per heavy atom. The minimum atomic E-state index is -0.766. The molecule has 21 heavy (non-hydrogen) atoms. The fraction of sp³-hybridized carbons (Fsp3) is 0.333. The van der Waals surface area contributed by atoms with Gasteiger partial charge in [-0.2, -0.15) is 4.39 Å². The molecule has 0 aliphatic heterocycles. The smallest absolute Gasteiger partial charge is 0.305 e. The molecule has 112 valence electrons. The van der Waals surface area contributed by atoms with Crippen molar-refractivity contribution in [3.63, 3.8) is 0 Å². The second-order valence-corrected chi connectivity index (χ2v) is 4.90. The number of nitro benzene ring substituents is 1. The minimum Gasteiger partial charge on any atom is -0.349 e. The monoisotopic (exact) mass is 291 g/mol. The summed E-state index contributed by atoms with van der Waals surface area (Å²) in [5.74, 6) is -0.766. The number of nitrogens with one attached hydrogen (secondary N) is 1. The van der Waals surface area contributed by atoms with Crippen LogP contribution in [0.5, 0.6) is 0 Å². The summed E-state index contributed by atoms with van der Waals surface area (Å²) in [6, 6.07) is 6.42. The van der Waals surface area contributed by atoms with Gasteiger partial charge in [-0.1, -0.05) is 19.1 Å². The fourth-order valence-electron chi connectivity index (χ4n) is 2.26. The Hall–Kier alpha value is -2.21. The van der Waals surface area contributed by atoms with Crippen molar-refractivity contribution in [3.05, 3.63) is 63.7 Å². The van der Waals surface area contributed by atoms with Crippen molar-refractivity contribution < 1.29 is 9.31 Å². The van der Waals surface area contributed by atoms with Gasteiger partial charge in [0.2, 0.25) is 5.82 Å². The summed E-state index contributed by atoms with van der Waals surface area (Å²) in [6.45, 7) is 5.22. The van der Waals surface area contributed by atoms with E-state index >= 15 is 0 Å². The molecule has 1 aromatic heterocycles. The Balaban J connectivity index is 2.19. The van der Waals surface area contributed by atoms with Crippen LogP contribution in [0.4, 0.5) is 10.1 Å². The maximum absolute atomic E-state index is 14.0. The Bertz CT molecular complexity index is 640. The zero-order valence-corrected chi connectivity index (χ0v) is 12.0. The van der Waals surface area contributed by atoms with Crippen LogP contribution >= 0.6 is 0 Å². The molecule has 0 saturated heterocycles. The number of hydrogen-bond acceptors (Lipinski definition) is 3. The van der Waals surface area contributed by atoms with Crippen molar-refractivity contribution in [2.24, 2.45) is 0 Å². The molecule has 1 N–H and O–H groups in total. The van der Waals surface area contributed by atoms with E-state index in [2.05, 4.69) is 12.2 Å². The predicted octanol–water partition coefficient (Wildman–Crippen LogP) is 3.25. The normalized spacial score (nSPS) is 12.3. The van der Waals surface area contributed by atoms with Crippen molar-refractivity contribution in [3.8, 4) is 0 Å². The van der Waals surface area contributed by atoms with E-state index in [1.54, 1.807) is 6.07 Å². The van der Waals surface area contributed by atoms with Crippen LogP contribution in [0.3, 0.4) is 0 Å². The lowest BCUT2D eigenvalue weighted by Gasteiger charge is -2.10. The minimum absolute atomic E-state index is 0.214. The van der Waals surface area contributed by atoms with Crippen molar-refractivity contribution in [1.82, 2.24) is 9.88 Å². The number of nitrogens with zero attached hydrogens (tertiary/aromatic N) is 2. The molecule has 0 radical (unpaired) electrons. The van der Waals surface area contributed by atoms with Gasteiger partial charge in [0.05, 0.1) is 11.5 Å². The zero-order valence-electron chi connectivity index (χ0n) is 12.0. The Labute approximate surface area is 122 Å². The second kappa shape index (κ2) is 6.49. The van der Waals surface area contributed by atoms with E-state index in [0.29, 0.717) is 5.56 Å². The van der Waals surface area contributed by atoms with Crippen LogP contribution in [0.15, 0.2) is 36.7 Å². The van der Waals surface area contributed by atoms with Gasteiger partial charge in [0.25, 0.3) is 0 Å². The molecule has 1 atom stereocenters. The number of halogens is 1. The number of rotatable bonds is 6. The van der Waals surface area contributed by atoms with Crippen LogP contribution in [0.25, 0.3) is 0 Å². The molecule has 2 aromatic rings. The molecule has 0 spiro atoms. The van der Waals surface area contributed by atoms with Crippen LogP contribution in [0.1, 0.15) is 31.0 Å². The molecular formula is C15H18FN3O2. The quantitative estimate of drug-likeness (QED) is 0.656. The predicted molar refractivity (Wildman–Crippen MR) is 78.7 cm³/mol. The Kier molecular flexibility index (Phi) is 4.70. The molecule has 1 aromatic carbocycles. The lowest BCUT2D eigenvalue weighted by molar-refractivity contribution is -0.387. The van der Waals surface area contributed by atoms with E-state index in [9.17, 15) is 14.5 Å².